The molecule has 5 nitrogen and oxygen atoms in total. The molecule has 0 aliphatic carbocycles. The summed E-state index contributed by atoms with van der Waals surface area (Å²) in [7, 11) is 0. The molecule has 4 rings (SSSR count). The predicted octanol–water partition coefficient (Wildman–Crippen LogP) is 6.54. The average molecular weight is 543 g/mol. The summed E-state index contributed by atoms with van der Waals surface area (Å²) in [5.74, 6) is 0.110. The molecule has 0 fully saturated rings. The van der Waals surface area contributed by atoms with Crippen LogP contribution in [0.25, 0.3) is 0 Å². The third-order valence-corrected chi connectivity index (χ3v) is 8.31. The van der Waals surface area contributed by atoms with E-state index in [4.69, 9.17) is 16.3 Å². The van der Waals surface area contributed by atoms with Crippen LogP contribution in [0.3, 0.4) is 0 Å². The van der Waals surface area contributed by atoms with Crippen LogP contribution in [0.2, 0.25) is 5.02 Å². The Labute approximate surface area is 226 Å². The average Bonchev–Trinajstić information content (AvgIpc) is 3.38. The highest BCUT2D eigenvalue weighted by Crippen LogP contribution is 2.34. The fraction of sp³-hybridized carbons (Fsp3) is 0.379. The van der Waals surface area contributed by atoms with Crippen LogP contribution in [-0.2, 0) is 11.2 Å². The third-order valence-electron chi connectivity index (χ3n) is 6.89. The summed E-state index contributed by atoms with van der Waals surface area (Å²) >= 11 is 7.85. The fourth-order valence-corrected chi connectivity index (χ4v) is 5.56. The predicted molar refractivity (Wildman–Crippen MR) is 146 cm³/mol. The van der Waals surface area contributed by atoms with Crippen LogP contribution < -0.4 is 4.74 Å². The lowest BCUT2D eigenvalue weighted by molar-refractivity contribution is -0.135. The summed E-state index contributed by atoms with van der Waals surface area (Å²) in [6.07, 6.45) is 1.65. The standard InChI is InChI=1S/C29H32ClFN2O3S/c1-4-19(2)16-32(29(35)21-5-7-22(31)8-6-21)17-28(34)33-13-11-27-24(12-14-37-27)26(33)18-36-23-9-10-25(30)20(3)15-23/h5-10,12,14-15,19,26H,4,11,13,16-18H2,1-3H3/t19-,26+/m1/s1. The Kier molecular flexibility index (Phi) is 8.87. The zero-order chi connectivity index (χ0) is 26.5. The summed E-state index contributed by atoms with van der Waals surface area (Å²) < 4.78 is 19.6. The van der Waals surface area contributed by atoms with Gasteiger partial charge in [-0.25, -0.2) is 4.39 Å². The van der Waals surface area contributed by atoms with Crippen molar-refractivity contribution in [3.8, 4) is 5.75 Å². The van der Waals surface area contributed by atoms with Gasteiger partial charge in [0.1, 0.15) is 24.7 Å². The second-order valence-corrected chi connectivity index (χ2v) is 11.0. The quantitative estimate of drug-likeness (QED) is 0.308. The Morgan fingerprint density at radius 3 is 2.68 bits per heavy atom. The van der Waals surface area contributed by atoms with Gasteiger partial charge in [-0.2, -0.15) is 0 Å². The number of benzene rings is 2. The zero-order valence-corrected chi connectivity index (χ0v) is 22.9. The van der Waals surface area contributed by atoms with Crippen molar-refractivity contribution in [2.45, 2.75) is 39.7 Å². The molecule has 0 saturated carbocycles. The minimum absolute atomic E-state index is 0.0451. The number of halogens is 2. The number of rotatable bonds is 9. The van der Waals surface area contributed by atoms with Gasteiger partial charge < -0.3 is 14.5 Å². The summed E-state index contributed by atoms with van der Waals surface area (Å²) in [6, 6.07) is 12.8. The number of thiophene rings is 1. The van der Waals surface area contributed by atoms with E-state index >= 15 is 0 Å². The first-order chi connectivity index (χ1) is 17.8. The fourth-order valence-electron chi connectivity index (χ4n) is 4.51. The molecule has 0 bridgehead atoms. The smallest absolute Gasteiger partial charge is 0.254 e. The first-order valence-electron chi connectivity index (χ1n) is 12.6. The van der Waals surface area contributed by atoms with Crippen LogP contribution >= 0.6 is 22.9 Å². The SMILES string of the molecule is CC[C@@H](C)CN(CC(=O)N1CCc2sccc2[C@@H]1COc1ccc(Cl)c(C)c1)C(=O)c1ccc(F)cc1. The Morgan fingerprint density at radius 2 is 1.97 bits per heavy atom. The van der Waals surface area contributed by atoms with E-state index in [0.29, 0.717) is 36.0 Å². The van der Waals surface area contributed by atoms with Gasteiger partial charge in [0, 0.05) is 28.6 Å². The lowest BCUT2D eigenvalue weighted by Gasteiger charge is -2.37. The van der Waals surface area contributed by atoms with Crippen molar-refractivity contribution in [3.05, 3.63) is 86.3 Å². The molecular formula is C29H32ClFN2O3S. The lowest BCUT2D eigenvalue weighted by atomic mass is 10.00. The number of carbonyl (C=O) groups is 2. The Balaban J connectivity index is 1.54. The number of amides is 2. The minimum atomic E-state index is -0.403. The van der Waals surface area contributed by atoms with Gasteiger partial charge in [0.15, 0.2) is 0 Å². The minimum Gasteiger partial charge on any atom is -0.491 e. The molecule has 0 radical (unpaired) electrons. The molecule has 0 unspecified atom stereocenters. The van der Waals surface area contributed by atoms with Crippen LogP contribution in [0.4, 0.5) is 4.39 Å². The maximum Gasteiger partial charge on any atom is 0.254 e. The van der Waals surface area contributed by atoms with Crippen LogP contribution in [-0.4, -0.2) is 47.9 Å². The highest BCUT2D eigenvalue weighted by molar-refractivity contribution is 7.10. The van der Waals surface area contributed by atoms with E-state index in [1.807, 2.05) is 29.3 Å². The first kappa shape index (κ1) is 27.1. The highest BCUT2D eigenvalue weighted by atomic mass is 35.5. The zero-order valence-electron chi connectivity index (χ0n) is 21.4. The van der Waals surface area contributed by atoms with Crippen LogP contribution in [0.15, 0.2) is 53.9 Å². The first-order valence-corrected chi connectivity index (χ1v) is 13.8. The maximum atomic E-state index is 13.7. The van der Waals surface area contributed by atoms with Crippen molar-refractivity contribution in [1.29, 1.82) is 0 Å². The number of fused-ring (bicyclic) bond motifs is 1. The normalized spacial score (nSPS) is 15.7. The molecule has 8 heteroatoms. The van der Waals surface area contributed by atoms with E-state index in [1.54, 1.807) is 22.3 Å². The Hall–Kier alpha value is -2.90. The van der Waals surface area contributed by atoms with E-state index in [1.165, 1.54) is 29.1 Å². The van der Waals surface area contributed by atoms with Crippen molar-refractivity contribution in [2.75, 3.05) is 26.2 Å². The molecule has 3 aromatic rings. The molecule has 0 saturated heterocycles. The summed E-state index contributed by atoms with van der Waals surface area (Å²) in [6.45, 7) is 7.29. The van der Waals surface area contributed by atoms with Crippen LogP contribution in [0.5, 0.6) is 5.75 Å². The van der Waals surface area contributed by atoms with E-state index in [9.17, 15) is 14.0 Å². The molecule has 37 heavy (non-hydrogen) atoms. The van der Waals surface area contributed by atoms with Gasteiger partial charge in [0.05, 0.1) is 6.04 Å². The van der Waals surface area contributed by atoms with Crippen LogP contribution in [0.1, 0.15) is 52.7 Å². The summed E-state index contributed by atoms with van der Waals surface area (Å²) in [5, 5.41) is 2.72. The molecular weight excluding hydrogens is 511 g/mol. The van der Waals surface area contributed by atoms with Gasteiger partial charge in [-0.15, -0.1) is 11.3 Å². The van der Waals surface area contributed by atoms with Crippen molar-refractivity contribution in [1.82, 2.24) is 9.80 Å². The number of hydrogen-bond acceptors (Lipinski definition) is 4. The van der Waals surface area contributed by atoms with Gasteiger partial charge in [0.2, 0.25) is 5.91 Å². The topological polar surface area (TPSA) is 49.9 Å². The second kappa shape index (κ2) is 12.1. The largest absolute Gasteiger partial charge is 0.491 e. The Morgan fingerprint density at radius 1 is 1.22 bits per heavy atom. The van der Waals surface area contributed by atoms with E-state index in [2.05, 4.69) is 19.9 Å². The molecule has 0 N–H and O–H groups in total. The van der Waals surface area contributed by atoms with Gasteiger partial charge in [-0.3, -0.25) is 9.59 Å². The molecule has 2 heterocycles. The van der Waals surface area contributed by atoms with Crippen molar-refractivity contribution in [3.63, 3.8) is 0 Å². The van der Waals surface area contributed by atoms with Gasteiger partial charge in [0.25, 0.3) is 5.91 Å². The van der Waals surface area contributed by atoms with E-state index < -0.39 is 5.82 Å². The molecule has 0 spiro atoms. The molecule has 1 aliphatic heterocycles. The molecule has 1 aromatic heterocycles. The Bertz CT molecular complexity index is 1250. The van der Waals surface area contributed by atoms with Gasteiger partial charge >= 0.3 is 0 Å². The molecule has 2 atom stereocenters. The summed E-state index contributed by atoms with van der Waals surface area (Å²) in [4.78, 5) is 31.7. The molecule has 2 aromatic carbocycles. The van der Waals surface area contributed by atoms with E-state index in [0.717, 1.165) is 24.0 Å². The van der Waals surface area contributed by atoms with Gasteiger partial charge in [-0.05, 0) is 84.3 Å². The van der Waals surface area contributed by atoms with Crippen LogP contribution in [0, 0.1) is 18.7 Å². The molecule has 1 aliphatic rings. The molecule has 196 valence electrons. The number of nitrogens with zero attached hydrogens (tertiary/aromatic N) is 2. The van der Waals surface area contributed by atoms with Gasteiger partial charge in [-0.1, -0.05) is 31.9 Å². The van der Waals surface area contributed by atoms with E-state index in [-0.39, 0.29) is 30.3 Å². The lowest BCUT2D eigenvalue weighted by Crippen LogP contribution is -2.48. The highest BCUT2D eigenvalue weighted by Gasteiger charge is 2.34. The number of carbonyl (C=O) groups excluding carboxylic acids is 2. The number of hydrogen-bond donors (Lipinski definition) is 0. The number of aryl methyl sites for hydroxylation is 1. The monoisotopic (exact) mass is 542 g/mol. The van der Waals surface area contributed by atoms with Crippen molar-refractivity contribution >= 4 is 34.8 Å². The number of ether oxygens (including phenoxy) is 1. The van der Waals surface area contributed by atoms with Crippen molar-refractivity contribution < 1.29 is 18.7 Å². The third kappa shape index (κ3) is 6.51. The van der Waals surface area contributed by atoms with Crippen molar-refractivity contribution in [2.24, 2.45) is 5.92 Å². The summed E-state index contributed by atoms with van der Waals surface area (Å²) in [5.41, 5.74) is 2.38. The maximum absolute atomic E-state index is 13.7. The second-order valence-electron chi connectivity index (χ2n) is 9.58. The molecule has 2 amide bonds.